The van der Waals surface area contributed by atoms with E-state index in [-0.39, 0.29) is 5.92 Å². The topological polar surface area (TPSA) is 35.6 Å². The Balaban J connectivity index is 1.89. The highest BCUT2D eigenvalue weighted by molar-refractivity contribution is 5.86. The minimum Gasteiger partial charge on any atom is -0.333 e. The van der Waals surface area contributed by atoms with Crippen molar-refractivity contribution in [2.24, 2.45) is 13.0 Å². The van der Waals surface area contributed by atoms with E-state index in [9.17, 15) is 13.2 Å². The van der Waals surface area contributed by atoms with Crippen molar-refractivity contribution < 1.29 is 13.2 Å². The van der Waals surface area contributed by atoms with Gasteiger partial charge in [-0.2, -0.15) is 18.3 Å². The maximum Gasteiger partial charge on any atom is 0.411 e. The predicted octanol–water partition coefficient (Wildman–Crippen LogP) is 4.26. The Morgan fingerprint density at radius 2 is 1.96 bits per heavy atom. The van der Waals surface area contributed by atoms with E-state index in [1.807, 2.05) is 30.7 Å². The van der Waals surface area contributed by atoms with Gasteiger partial charge in [-0.05, 0) is 43.4 Å². The van der Waals surface area contributed by atoms with Crippen LogP contribution in [0, 0.1) is 12.8 Å². The minimum atomic E-state index is -4.30. The Morgan fingerprint density at radius 1 is 1.21 bits per heavy atom. The lowest BCUT2D eigenvalue weighted by molar-refractivity contribution is -0.175. The largest absolute Gasteiger partial charge is 0.411 e. The maximum atomic E-state index is 13.6. The highest BCUT2D eigenvalue weighted by atomic mass is 19.4. The Bertz CT molecular complexity index is 902. The van der Waals surface area contributed by atoms with E-state index in [1.54, 1.807) is 12.4 Å². The molecule has 1 unspecified atom stereocenters. The number of rotatable bonds is 3. The molecular formula is C17H17F3N4. The molecule has 1 fully saturated rings. The van der Waals surface area contributed by atoms with Crippen molar-refractivity contribution in [3.8, 4) is 11.3 Å². The zero-order chi connectivity index (χ0) is 17.1. The molecule has 1 aliphatic carbocycles. The van der Waals surface area contributed by atoms with Crippen LogP contribution in [-0.4, -0.2) is 25.5 Å². The molecule has 0 saturated heterocycles. The van der Waals surface area contributed by atoms with Crippen LogP contribution in [0.5, 0.6) is 0 Å². The highest BCUT2D eigenvalue weighted by Gasteiger charge is 2.51. The van der Waals surface area contributed by atoms with Gasteiger partial charge in [0, 0.05) is 18.8 Å². The second-order valence-electron chi connectivity index (χ2n) is 6.45. The molecule has 126 valence electrons. The van der Waals surface area contributed by atoms with Crippen molar-refractivity contribution >= 4 is 11.0 Å². The fraction of sp³-hybridized carbons (Fsp3) is 0.412. The summed E-state index contributed by atoms with van der Waals surface area (Å²) in [6, 6.07) is 3.78. The Hall–Kier alpha value is -2.31. The number of aromatic nitrogens is 4. The monoisotopic (exact) mass is 334 g/mol. The molecule has 1 saturated carbocycles. The van der Waals surface area contributed by atoms with Crippen LogP contribution < -0.4 is 0 Å². The van der Waals surface area contributed by atoms with Gasteiger partial charge in [-0.1, -0.05) is 6.07 Å². The summed E-state index contributed by atoms with van der Waals surface area (Å²) in [5, 5.41) is 4.03. The van der Waals surface area contributed by atoms with E-state index in [4.69, 9.17) is 0 Å². The van der Waals surface area contributed by atoms with Crippen LogP contribution >= 0.6 is 0 Å². The molecular weight excluding hydrogens is 317 g/mol. The number of alkyl halides is 3. The normalized spacial score (nSPS) is 16.7. The summed E-state index contributed by atoms with van der Waals surface area (Å²) >= 11 is 0. The lowest BCUT2D eigenvalue weighted by atomic mass is 10.0. The number of halogens is 3. The van der Waals surface area contributed by atoms with Gasteiger partial charge in [-0.25, -0.2) is 4.98 Å². The number of imidazole rings is 1. The standard InChI is InChI=1S/C17H17F3N4/c1-10-12(5-6-13-15(10)23(2)9-21-13)14-7-8-22-24(14)16(11-3-4-11)17(18,19)20/h5-9,11,16H,3-4H2,1-2H3. The van der Waals surface area contributed by atoms with E-state index in [0.29, 0.717) is 18.5 Å². The van der Waals surface area contributed by atoms with Crippen LogP contribution in [0.25, 0.3) is 22.3 Å². The van der Waals surface area contributed by atoms with E-state index < -0.39 is 12.2 Å². The van der Waals surface area contributed by atoms with Crippen molar-refractivity contribution in [2.45, 2.75) is 32.0 Å². The second kappa shape index (κ2) is 5.09. The average molecular weight is 334 g/mol. The number of benzene rings is 1. The van der Waals surface area contributed by atoms with Crippen molar-refractivity contribution in [1.29, 1.82) is 0 Å². The van der Waals surface area contributed by atoms with Gasteiger partial charge in [0.1, 0.15) is 0 Å². The summed E-state index contributed by atoms with van der Waals surface area (Å²) in [5.74, 6) is -0.371. The quantitative estimate of drug-likeness (QED) is 0.717. The van der Waals surface area contributed by atoms with Gasteiger partial charge in [0.2, 0.25) is 0 Å². The van der Waals surface area contributed by atoms with Gasteiger partial charge >= 0.3 is 6.18 Å². The van der Waals surface area contributed by atoms with Gasteiger partial charge in [0.15, 0.2) is 6.04 Å². The smallest absolute Gasteiger partial charge is 0.333 e. The molecule has 3 aromatic rings. The maximum absolute atomic E-state index is 13.6. The molecule has 2 aromatic heterocycles. The number of aryl methyl sites for hydroxylation is 2. The van der Waals surface area contributed by atoms with E-state index >= 15 is 0 Å². The third-order valence-corrected chi connectivity index (χ3v) is 4.75. The van der Waals surface area contributed by atoms with Crippen LogP contribution in [-0.2, 0) is 7.05 Å². The summed E-state index contributed by atoms with van der Waals surface area (Å²) in [5.41, 5.74) is 3.93. The number of fused-ring (bicyclic) bond motifs is 1. The minimum absolute atomic E-state index is 0.371. The van der Waals surface area contributed by atoms with Crippen LogP contribution in [0.4, 0.5) is 13.2 Å². The van der Waals surface area contributed by atoms with Gasteiger partial charge in [0.05, 0.1) is 23.1 Å². The molecule has 4 nitrogen and oxygen atoms in total. The SMILES string of the molecule is Cc1c(-c2ccnn2C(C2CC2)C(F)(F)F)ccc2ncn(C)c12. The van der Waals surface area contributed by atoms with Crippen LogP contribution in [0.1, 0.15) is 24.4 Å². The summed E-state index contributed by atoms with van der Waals surface area (Å²) in [6.07, 6.45) is 0.0592. The lowest BCUT2D eigenvalue weighted by Crippen LogP contribution is -2.29. The molecule has 0 amide bonds. The number of nitrogens with zero attached hydrogens (tertiary/aromatic N) is 4. The molecule has 2 heterocycles. The summed E-state index contributed by atoms with van der Waals surface area (Å²) in [6.45, 7) is 1.91. The van der Waals surface area contributed by atoms with Crippen molar-refractivity contribution in [1.82, 2.24) is 19.3 Å². The van der Waals surface area contributed by atoms with Gasteiger partial charge < -0.3 is 4.57 Å². The third kappa shape index (κ3) is 2.30. The molecule has 4 rings (SSSR count). The lowest BCUT2D eigenvalue weighted by Gasteiger charge is -2.23. The average Bonchev–Trinajstić information content (AvgIpc) is 3.08. The van der Waals surface area contributed by atoms with Crippen LogP contribution in [0.15, 0.2) is 30.7 Å². The number of hydrogen-bond donors (Lipinski definition) is 0. The van der Waals surface area contributed by atoms with E-state index in [1.165, 1.54) is 6.20 Å². The molecule has 0 spiro atoms. The molecule has 1 aliphatic rings. The van der Waals surface area contributed by atoms with Crippen LogP contribution in [0.3, 0.4) is 0 Å². The van der Waals surface area contributed by atoms with Gasteiger partial charge in [-0.15, -0.1) is 0 Å². The highest BCUT2D eigenvalue weighted by Crippen LogP contribution is 2.49. The molecule has 1 atom stereocenters. The fourth-order valence-electron chi connectivity index (χ4n) is 3.49. The first kappa shape index (κ1) is 15.2. The zero-order valence-electron chi connectivity index (χ0n) is 13.4. The molecule has 0 radical (unpaired) electrons. The molecule has 0 aliphatic heterocycles. The van der Waals surface area contributed by atoms with Gasteiger partial charge in [-0.3, -0.25) is 4.68 Å². The molecule has 1 aromatic carbocycles. The molecule has 7 heteroatoms. The summed E-state index contributed by atoms with van der Waals surface area (Å²) < 4.78 is 43.7. The Morgan fingerprint density at radius 3 is 2.62 bits per heavy atom. The van der Waals surface area contributed by atoms with Crippen LogP contribution in [0.2, 0.25) is 0 Å². The Kier molecular flexibility index (Phi) is 3.23. The van der Waals surface area contributed by atoms with E-state index in [0.717, 1.165) is 26.8 Å². The Labute approximate surface area is 136 Å². The summed E-state index contributed by atoms with van der Waals surface area (Å²) in [4.78, 5) is 4.30. The molecule has 24 heavy (non-hydrogen) atoms. The van der Waals surface area contributed by atoms with Crippen molar-refractivity contribution in [3.05, 3.63) is 36.3 Å². The predicted molar refractivity (Wildman–Crippen MR) is 84.5 cm³/mol. The molecule has 0 bridgehead atoms. The van der Waals surface area contributed by atoms with Gasteiger partial charge in [0.25, 0.3) is 0 Å². The first-order valence-electron chi connectivity index (χ1n) is 7.89. The summed E-state index contributed by atoms with van der Waals surface area (Å²) in [7, 11) is 1.88. The third-order valence-electron chi connectivity index (χ3n) is 4.75. The van der Waals surface area contributed by atoms with E-state index in [2.05, 4.69) is 10.1 Å². The molecule has 0 N–H and O–H groups in total. The first-order chi connectivity index (χ1) is 11.4. The van der Waals surface area contributed by atoms with Crippen molar-refractivity contribution in [2.75, 3.05) is 0 Å². The zero-order valence-corrected chi connectivity index (χ0v) is 13.4. The fourth-order valence-corrected chi connectivity index (χ4v) is 3.49. The number of hydrogen-bond acceptors (Lipinski definition) is 2. The second-order valence-corrected chi connectivity index (χ2v) is 6.45. The van der Waals surface area contributed by atoms with Crippen molar-refractivity contribution in [3.63, 3.8) is 0 Å². The first-order valence-corrected chi connectivity index (χ1v) is 7.89.